The summed E-state index contributed by atoms with van der Waals surface area (Å²) in [7, 11) is 0. The zero-order valence-corrected chi connectivity index (χ0v) is 70.2. The van der Waals surface area contributed by atoms with Crippen molar-refractivity contribution in [3.05, 3.63) is 107 Å². The molecule has 0 saturated heterocycles. The van der Waals surface area contributed by atoms with Crippen LogP contribution in [0.3, 0.4) is 0 Å². The van der Waals surface area contributed by atoms with Crippen LogP contribution in [0.1, 0.15) is 289 Å². The van der Waals surface area contributed by atoms with E-state index in [9.17, 15) is 76.7 Å². The highest BCUT2D eigenvalue weighted by atomic mass is 16.5. The minimum atomic E-state index is -1.12. The largest absolute Gasteiger partial charge is 0.461 e. The number of nitrogens with two attached hydrogens (primary N) is 1. The van der Waals surface area contributed by atoms with Crippen LogP contribution in [-0.2, 0) is 96.1 Å². The molecule has 25 nitrogen and oxygen atoms in total. The number of esters is 1. The summed E-state index contributed by atoms with van der Waals surface area (Å²) in [5, 5.41) is 19.8. The highest BCUT2D eigenvalue weighted by Crippen LogP contribution is 2.41. The summed E-state index contributed by atoms with van der Waals surface area (Å²) in [5.41, 5.74) is 10.7. The Balaban J connectivity index is -0.00000130. The molecule has 0 aliphatic heterocycles. The van der Waals surface area contributed by atoms with Crippen LogP contribution in [0.25, 0.3) is 0 Å². The van der Waals surface area contributed by atoms with Crippen molar-refractivity contribution in [3.63, 3.8) is 0 Å². The van der Waals surface area contributed by atoms with Crippen molar-refractivity contribution in [2.24, 2.45) is 17.1 Å². The van der Waals surface area contributed by atoms with E-state index in [0.29, 0.717) is 76.3 Å². The van der Waals surface area contributed by atoms with Crippen LogP contribution in [0.15, 0.2) is 85.1 Å². The maximum absolute atomic E-state index is 12.9. The number of unbranched alkanes of at least 4 members (excludes halogenated alkanes) is 5. The molecule has 25 heteroatoms. The number of primary amides is 1. The first-order valence-corrected chi connectivity index (χ1v) is 38.3. The highest BCUT2D eigenvalue weighted by Gasteiger charge is 2.42. The van der Waals surface area contributed by atoms with Gasteiger partial charge in [-0.15, -0.1) is 0 Å². The lowest BCUT2D eigenvalue weighted by Gasteiger charge is -2.47. The molecule has 0 radical (unpaired) electrons. The number of hydrogen-bond donors (Lipinski definition) is 8. The number of carbonyl (C=O) groups is 16. The number of hydrogen-bond acceptors (Lipinski definition) is 18. The van der Waals surface area contributed by atoms with Crippen LogP contribution in [0.5, 0.6) is 0 Å². The number of ketones is 9. The molecule has 1 saturated carbocycles. The van der Waals surface area contributed by atoms with E-state index in [0.717, 1.165) is 99.7 Å². The maximum Gasteiger partial charge on any atom is 0.312 e. The fraction of sp³-hybridized carbons (Fsp3) is 0.581. The van der Waals surface area contributed by atoms with Crippen LogP contribution in [0.4, 0.5) is 16.2 Å². The number of carbonyl (C=O) groups excluding carboxylic acids is 16. The summed E-state index contributed by atoms with van der Waals surface area (Å²) < 4.78 is 4.93. The van der Waals surface area contributed by atoms with Gasteiger partial charge >= 0.3 is 12.0 Å². The standard InChI is InChI=1S/C22H32N4O6.C19H21NO.C13H24N2O2.C11H21NO2.C8H14O2.C7H12O2.C6H10O2/c1-14(27)26-22(3,4)19(29)12-17(6-5-11-24-21(23)31)20(30)25-18-9-7-16(8-10-18)13-32-15(2)28;1-14(2)20-19-10-8-18(9-11-19)13-17-6-4-16(5-7-17)12-15(3)21;1-9(16)14-11-6-12(3,4)8-13(5,7-11)15-10(2)17;1-10(13)8-6-4-3-5-7-9-12-11(2)14;1-7(9)5-3-4-6-8(2)10;1-6(8)4-3-5-7(2)9;1-5(7)3-4-6(2)8/h7-10,17H,5-6,11-13H2,1-4H3,(H,25,30)(H,26,27)(H3,23,24,31);4-11,20H,1,12-13H2,2-3H3;11H,6-8H2,1-5H3,(H,14,16)(H,15,17);3-9H2,1-2H3,(H,12,14);3-6H2,1-2H3;3-5H2,1-2H3;3-4H2,1-2H3. The fourth-order valence-electron chi connectivity index (χ4n) is 11.6. The Morgan fingerprint density at radius 2 is 0.883 bits per heavy atom. The molecule has 1 aliphatic rings. The van der Waals surface area contributed by atoms with Crippen molar-refractivity contribution in [1.29, 1.82) is 0 Å². The van der Waals surface area contributed by atoms with Crippen molar-refractivity contribution in [3.8, 4) is 0 Å². The van der Waals surface area contributed by atoms with Gasteiger partial charge in [0.2, 0.25) is 29.5 Å². The molecule has 9 N–H and O–H groups in total. The summed E-state index contributed by atoms with van der Waals surface area (Å²) in [6, 6.07) is 22.9. The Kier molecular flexibility index (Phi) is 56.2. The van der Waals surface area contributed by atoms with Crippen molar-refractivity contribution in [2.45, 2.75) is 303 Å². The molecule has 1 fully saturated rings. The topological polar surface area (TPSA) is 393 Å². The third-order valence-electron chi connectivity index (χ3n) is 16.4. The first kappa shape index (κ1) is 105. The average Bonchev–Trinajstić information content (AvgIpc) is 0.857. The normalized spacial score (nSPS) is 13.6. The molecule has 3 aromatic rings. The van der Waals surface area contributed by atoms with Crippen LogP contribution in [-0.4, -0.2) is 124 Å². The van der Waals surface area contributed by atoms with Crippen LogP contribution < -0.4 is 43.0 Å². The second-order valence-electron chi connectivity index (χ2n) is 30.4. The number of allylic oxidation sites excluding steroid dienone is 1. The molecule has 0 spiro atoms. The Morgan fingerprint density at radius 1 is 0.468 bits per heavy atom. The molecule has 3 aromatic carbocycles. The monoisotopic (exact) mass is 1550 g/mol. The Hall–Kier alpha value is -9.68. The van der Waals surface area contributed by atoms with Gasteiger partial charge in [0, 0.05) is 140 Å². The summed E-state index contributed by atoms with van der Waals surface area (Å²) >= 11 is 0. The van der Waals surface area contributed by atoms with Gasteiger partial charge in [0.15, 0.2) is 5.78 Å². The Labute approximate surface area is 661 Å². The first-order chi connectivity index (χ1) is 51.5. The van der Waals surface area contributed by atoms with Gasteiger partial charge in [0.25, 0.3) is 0 Å². The number of rotatable bonds is 40. The lowest BCUT2D eigenvalue weighted by Crippen LogP contribution is -2.56. The van der Waals surface area contributed by atoms with E-state index < -0.39 is 17.5 Å². The van der Waals surface area contributed by atoms with E-state index in [1.807, 2.05) is 19.1 Å². The van der Waals surface area contributed by atoms with Crippen molar-refractivity contribution in [1.82, 2.24) is 26.6 Å². The molecule has 0 bridgehead atoms. The number of anilines is 2. The maximum atomic E-state index is 12.9. The number of Topliss-reactive ketones (excluding diaryl/α,β-unsaturated/α-hetero) is 9. The van der Waals surface area contributed by atoms with Gasteiger partial charge in [0.05, 0.1) is 5.54 Å². The predicted molar refractivity (Wildman–Crippen MR) is 437 cm³/mol. The van der Waals surface area contributed by atoms with Crippen molar-refractivity contribution in [2.75, 3.05) is 23.7 Å². The van der Waals surface area contributed by atoms with Gasteiger partial charge in [-0.2, -0.15) is 0 Å². The zero-order valence-electron chi connectivity index (χ0n) is 70.2. The second-order valence-corrected chi connectivity index (χ2v) is 30.4. The van der Waals surface area contributed by atoms with E-state index in [-0.39, 0.29) is 124 Å². The average molecular weight is 1550 g/mol. The van der Waals surface area contributed by atoms with Crippen LogP contribution in [0, 0.1) is 11.3 Å². The molecule has 111 heavy (non-hydrogen) atoms. The quantitative estimate of drug-likeness (QED) is 0.0194. The van der Waals surface area contributed by atoms with Crippen LogP contribution in [0.2, 0.25) is 0 Å². The molecule has 1 aliphatic carbocycles. The van der Waals surface area contributed by atoms with Gasteiger partial charge in [-0.3, -0.25) is 38.4 Å². The SMILES string of the molecule is C=C(C)Nc1ccc(Cc2ccc(CC(C)=O)cc2)cc1.CC(=O)CCC(C)=O.CC(=O)CCCC(C)=O.CC(=O)CCCCC(C)=O.CC(=O)CCCCCCCNC(C)=O.CC(=O)NC(C)(C)C(=O)CC(CCCNC(N)=O)C(=O)Nc1ccc(COC(C)=O)cc1.CC(=O)NC1CC(C)(C)CC(C)(NC(C)=O)C1. The molecule has 0 heterocycles. The summed E-state index contributed by atoms with van der Waals surface area (Å²) in [4.78, 5) is 175. The molecular weight excluding hydrogens is 1420 g/mol. The number of nitrogens with one attached hydrogen (secondary N) is 7. The lowest BCUT2D eigenvalue weighted by molar-refractivity contribution is -0.142. The third kappa shape index (κ3) is 65.9. The van der Waals surface area contributed by atoms with Gasteiger partial charge in [-0.25, -0.2) is 4.79 Å². The summed E-state index contributed by atoms with van der Waals surface area (Å²) in [6.45, 7) is 36.3. The summed E-state index contributed by atoms with van der Waals surface area (Å²) in [6.07, 6.45) is 16.5. The Morgan fingerprint density at radius 3 is 1.30 bits per heavy atom. The van der Waals surface area contributed by atoms with E-state index in [1.165, 1.54) is 52.7 Å². The van der Waals surface area contributed by atoms with E-state index in [4.69, 9.17) is 10.5 Å². The third-order valence-corrected chi connectivity index (χ3v) is 16.4. The zero-order chi connectivity index (χ0) is 85.5. The predicted octanol–water partition coefficient (Wildman–Crippen LogP) is 13.6. The smallest absolute Gasteiger partial charge is 0.312 e. The molecule has 3 atom stereocenters. The highest BCUT2D eigenvalue weighted by molar-refractivity contribution is 5.98. The number of ether oxygens (including phenoxy) is 1. The molecule has 0 aromatic heterocycles. The van der Waals surface area contributed by atoms with Crippen LogP contribution >= 0.6 is 0 Å². The van der Waals surface area contributed by atoms with E-state index in [1.54, 1.807) is 86.6 Å². The summed E-state index contributed by atoms with van der Waals surface area (Å²) in [5.74, 6) is -0.619. The molecular formula is C86H134N8O17. The van der Waals surface area contributed by atoms with E-state index in [2.05, 4.69) is 101 Å². The fourth-order valence-corrected chi connectivity index (χ4v) is 11.6. The molecule has 7 amide bonds. The van der Waals surface area contributed by atoms with Gasteiger partial charge in [0.1, 0.15) is 52.9 Å². The van der Waals surface area contributed by atoms with Gasteiger partial charge in [-0.1, -0.05) is 88.2 Å². The van der Waals surface area contributed by atoms with Gasteiger partial charge in [-0.05, 0) is 206 Å². The van der Waals surface area contributed by atoms with Gasteiger partial charge < -0.3 is 81.2 Å². The first-order valence-electron chi connectivity index (χ1n) is 38.3. The van der Waals surface area contributed by atoms with Crippen molar-refractivity contribution >= 4 is 105 Å². The van der Waals surface area contributed by atoms with Crippen molar-refractivity contribution < 1.29 is 81.4 Å². The minimum absolute atomic E-state index is 0.00197. The number of amides is 7. The molecule has 3 unspecified atom stereocenters. The minimum Gasteiger partial charge on any atom is -0.461 e. The molecule has 620 valence electrons. The molecule has 4 rings (SSSR count). The second kappa shape index (κ2) is 59.2. The number of urea groups is 1. The van der Waals surface area contributed by atoms with E-state index >= 15 is 0 Å². The Bertz CT molecular complexity index is 3330. The number of benzene rings is 3. The lowest BCUT2D eigenvalue weighted by atomic mass is 9.66.